The van der Waals surface area contributed by atoms with Crippen LogP contribution in [0.1, 0.15) is 54.9 Å². The lowest BCUT2D eigenvalue weighted by Gasteiger charge is -2.40. The van der Waals surface area contributed by atoms with Gasteiger partial charge in [-0.1, -0.05) is 25.1 Å². The van der Waals surface area contributed by atoms with Crippen LogP contribution in [0.15, 0.2) is 93.5 Å². The van der Waals surface area contributed by atoms with E-state index in [-0.39, 0.29) is 23.6 Å². The molecule has 0 aliphatic heterocycles. The Hall–Kier alpha value is -2.92. The van der Waals surface area contributed by atoms with Crippen molar-refractivity contribution in [2.45, 2.75) is 80.8 Å². The van der Waals surface area contributed by atoms with E-state index in [1.54, 1.807) is 0 Å². The first-order valence-corrected chi connectivity index (χ1v) is 13.2. The average molecular weight is 481 g/mol. The Balaban J connectivity index is 2.18. The number of rotatable bonds is 7. The molecule has 0 fully saturated rings. The van der Waals surface area contributed by atoms with Crippen molar-refractivity contribution in [2.75, 3.05) is 0 Å². The van der Waals surface area contributed by atoms with Gasteiger partial charge in [-0.25, -0.2) is 0 Å². The molecule has 0 unspecified atom stereocenters. The summed E-state index contributed by atoms with van der Waals surface area (Å²) in [5.74, 6) is 1.30. The molecule has 3 rings (SSSR count). The molecule has 0 heterocycles. The van der Waals surface area contributed by atoms with Gasteiger partial charge < -0.3 is 13.7 Å². The zero-order chi connectivity index (χ0) is 25.0. The van der Waals surface area contributed by atoms with Crippen LogP contribution in [-0.4, -0.2) is 17.2 Å². The lowest BCUT2D eigenvalue weighted by Crippen LogP contribution is -2.23. The highest BCUT2D eigenvalue weighted by Gasteiger charge is 2.35. The monoisotopic (exact) mass is 480 g/mol. The van der Waals surface area contributed by atoms with Gasteiger partial charge >= 0.3 is 5.97 Å². The van der Waals surface area contributed by atoms with Crippen LogP contribution in [0.2, 0.25) is 0 Å². The molecule has 0 aliphatic carbocycles. The third-order valence-electron chi connectivity index (χ3n) is 4.74. The molecule has 0 saturated carbocycles. The maximum absolute atomic E-state index is 12.8. The number of benzene rings is 3. The fraction of sp³-hybridized carbons (Fsp3) is 0.345. The van der Waals surface area contributed by atoms with Gasteiger partial charge in [-0.15, -0.1) is 0 Å². The van der Waals surface area contributed by atoms with Gasteiger partial charge in [0, 0.05) is 21.1 Å². The number of carbonyl (C=O) groups is 1. The number of carbonyl (C=O) groups excluding carboxylic acids is 1. The van der Waals surface area contributed by atoms with Crippen LogP contribution in [0.3, 0.4) is 0 Å². The summed E-state index contributed by atoms with van der Waals surface area (Å²) in [5, 5.41) is 0. The Bertz CT molecular complexity index is 1020. The van der Waals surface area contributed by atoms with E-state index in [1.165, 1.54) is 0 Å². The second-order valence-electron chi connectivity index (χ2n) is 10.0. The van der Waals surface area contributed by atoms with Crippen LogP contribution < -0.4 is 9.47 Å². The minimum atomic E-state index is -2.33. The molecule has 34 heavy (non-hydrogen) atoms. The predicted octanol–water partition coefficient (Wildman–Crippen LogP) is 8.19. The van der Waals surface area contributed by atoms with Crippen molar-refractivity contribution >= 4 is 16.3 Å². The van der Waals surface area contributed by atoms with Crippen molar-refractivity contribution in [3.8, 4) is 11.5 Å². The summed E-state index contributed by atoms with van der Waals surface area (Å²) in [4.78, 5) is 15.6. The molecule has 182 valence electrons. The van der Waals surface area contributed by atoms with E-state index >= 15 is 0 Å². The van der Waals surface area contributed by atoms with Crippen LogP contribution in [0.4, 0.5) is 0 Å². The fourth-order valence-corrected chi connectivity index (χ4v) is 6.55. The van der Waals surface area contributed by atoms with Gasteiger partial charge in [0.25, 0.3) is 0 Å². The molecule has 0 spiro atoms. The smallest absolute Gasteiger partial charge is 0.316 e. The van der Waals surface area contributed by atoms with Gasteiger partial charge in [-0.2, -0.15) is 0 Å². The summed E-state index contributed by atoms with van der Waals surface area (Å²) in [6.45, 7) is 13.9. The number of hydrogen-bond donors (Lipinski definition) is 0. The van der Waals surface area contributed by atoms with E-state index in [0.29, 0.717) is 0 Å². The maximum Gasteiger partial charge on any atom is 0.316 e. The highest BCUT2D eigenvalue weighted by molar-refractivity contribution is 8.30. The van der Waals surface area contributed by atoms with Gasteiger partial charge in [-0.3, -0.25) is 4.79 Å². The van der Waals surface area contributed by atoms with Crippen molar-refractivity contribution < 1.29 is 18.5 Å². The summed E-state index contributed by atoms with van der Waals surface area (Å²) < 4.78 is 18.5. The minimum absolute atomic E-state index is 0.246. The Labute approximate surface area is 205 Å². The molecule has 4 nitrogen and oxygen atoms in total. The molecule has 5 heteroatoms. The summed E-state index contributed by atoms with van der Waals surface area (Å²) in [6, 6.07) is 25.8. The molecule has 0 aliphatic rings. The lowest BCUT2D eigenvalue weighted by molar-refractivity contribution is -0.133. The first-order chi connectivity index (χ1) is 15.9. The van der Waals surface area contributed by atoms with Gasteiger partial charge in [0.15, 0.2) is 0 Å². The van der Waals surface area contributed by atoms with Gasteiger partial charge in [0.1, 0.15) is 22.7 Å². The van der Waals surface area contributed by atoms with Crippen LogP contribution >= 0.6 is 10.3 Å². The summed E-state index contributed by atoms with van der Waals surface area (Å²) >= 11 is 0. The first kappa shape index (κ1) is 25.7. The molecule has 0 aromatic heterocycles. The minimum Gasteiger partial charge on any atom is -0.488 e. The van der Waals surface area contributed by atoms with Crippen LogP contribution in [0.5, 0.6) is 11.5 Å². The summed E-state index contributed by atoms with van der Waals surface area (Å²) in [7, 11) is -2.33. The molecule has 0 radical (unpaired) electrons. The van der Waals surface area contributed by atoms with E-state index in [9.17, 15) is 4.79 Å². The maximum atomic E-state index is 12.8. The molecule has 3 aromatic carbocycles. The normalized spacial score (nSPS) is 12.7. The van der Waals surface area contributed by atoms with Crippen molar-refractivity contribution in [1.82, 2.24) is 0 Å². The van der Waals surface area contributed by atoms with E-state index in [0.717, 1.165) is 26.2 Å². The van der Waals surface area contributed by atoms with E-state index in [2.05, 4.69) is 0 Å². The van der Waals surface area contributed by atoms with Crippen molar-refractivity contribution in [1.29, 1.82) is 0 Å². The van der Waals surface area contributed by atoms with Crippen molar-refractivity contribution in [3.05, 3.63) is 78.9 Å². The SMILES string of the molecule is CCC(=O)OS(c1ccccc1)(c1ccc(OC(C)(C)C)cc1)c1ccc(OC(C)(C)C)cc1. The molecule has 3 aromatic rings. The highest BCUT2D eigenvalue weighted by atomic mass is 32.3. The molecular formula is C29H36O4S. The third kappa shape index (κ3) is 6.35. The predicted molar refractivity (Wildman–Crippen MR) is 139 cm³/mol. The summed E-state index contributed by atoms with van der Waals surface area (Å²) in [6.07, 6.45) is 0.290. The van der Waals surface area contributed by atoms with Crippen LogP contribution in [0, 0.1) is 0 Å². The average Bonchev–Trinajstić information content (AvgIpc) is 2.77. The second kappa shape index (κ2) is 10.1. The molecule has 0 N–H and O–H groups in total. The largest absolute Gasteiger partial charge is 0.488 e. The zero-order valence-electron chi connectivity index (χ0n) is 21.3. The molecular weight excluding hydrogens is 444 g/mol. The van der Waals surface area contributed by atoms with Crippen molar-refractivity contribution in [2.24, 2.45) is 0 Å². The third-order valence-corrected chi connectivity index (χ3v) is 7.99. The van der Waals surface area contributed by atoms with Crippen molar-refractivity contribution in [3.63, 3.8) is 0 Å². The Morgan fingerprint density at radius 2 is 1.03 bits per heavy atom. The van der Waals surface area contributed by atoms with Crippen LogP contribution in [-0.2, 0) is 8.98 Å². The number of ether oxygens (including phenoxy) is 2. The number of hydrogen-bond acceptors (Lipinski definition) is 4. The Kier molecular flexibility index (Phi) is 7.67. The van der Waals surface area contributed by atoms with Gasteiger partial charge in [0.05, 0.1) is 0 Å². The molecule has 0 amide bonds. The Morgan fingerprint density at radius 1 is 0.647 bits per heavy atom. The second-order valence-corrected chi connectivity index (χ2v) is 12.7. The fourth-order valence-electron chi connectivity index (χ4n) is 3.47. The lowest BCUT2D eigenvalue weighted by atomic mass is 10.2. The standard InChI is InChI=1S/C29H36O4S/c1-8-27(30)33-34(24-12-10-9-11-13-24,25-18-14-22(15-19-25)31-28(2,3)4)26-20-16-23(17-21-26)32-29(5,6)7/h9-21H,8H2,1-7H3. The highest BCUT2D eigenvalue weighted by Crippen LogP contribution is 2.69. The van der Waals surface area contributed by atoms with E-state index in [1.807, 2.05) is 127 Å². The Morgan fingerprint density at radius 3 is 1.38 bits per heavy atom. The first-order valence-electron chi connectivity index (χ1n) is 11.6. The van der Waals surface area contributed by atoms with E-state index in [4.69, 9.17) is 13.7 Å². The quantitative estimate of drug-likeness (QED) is 0.342. The van der Waals surface area contributed by atoms with Gasteiger partial charge in [-0.05, 0) is 113 Å². The molecule has 0 saturated heterocycles. The van der Waals surface area contributed by atoms with Gasteiger partial charge in [0.2, 0.25) is 0 Å². The molecule has 0 atom stereocenters. The zero-order valence-corrected chi connectivity index (χ0v) is 22.1. The molecule has 0 bridgehead atoms. The summed E-state index contributed by atoms with van der Waals surface area (Å²) in [5.41, 5.74) is -0.606. The topological polar surface area (TPSA) is 44.8 Å². The van der Waals surface area contributed by atoms with Crippen LogP contribution in [0.25, 0.3) is 0 Å². The van der Waals surface area contributed by atoms with E-state index < -0.39 is 10.3 Å².